The van der Waals surface area contributed by atoms with Crippen molar-refractivity contribution in [2.45, 2.75) is 24.7 Å². The van der Waals surface area contributed by atoms with Gasteiger partial charge in [-0.1, -0.05) is 0 Å². The standard InChI is InChI=1S/C18H18N2O5S/c1-13(21)19-14-4-8-16(9-5-14)25-26(23,24)17-10-6-15(7-11-17)20-12-2-3-18(20)22/h4-11H,2-3,12H2,1H3,(H,19,21). The van der Waals surface area contributed by atoms with Gasteiger partial charge in [0.1, 0.15) is 10.6 Å². The molecular weight excluding hydrogens is 356 g/mol. The molecule has 1 fully saturated rings. The summed E-state index contributed by atoms with van der Waals surface area (Å²) in [5, 5.41) is 2.59. The van der Waals surface area contributed by atoms with E-state index >= 15 is 0 Å². The van der Waals surface area contributed by atoms with Crippen molar-refractivity contribution in [3.63, 3.8) is 0 Å². The molecule has 8 heteroatoms. The van der Waals surface area contributed by atoms with E-state index in [1.807, 2.05) is 0 Å². The molecule has 0 aliphatic carbocycles. The summed E-state index contributed by atoms with van der Waals surface area (Å²) in [6.07, 6.45) is 1.31. The fraction of sp³-hybridized carbons (Fsp3) is 0.222. The first-order valence-corrected chi connectivity index (χ1v) is 9.48. The van der Waals surface area contributed by atoms with Gasteiger partial charge in [-0.3, -0.25) is 9.59 Å². The van der Waals surface area contributed by atoms with E-state index in [-0.39, 0.29) is 22.5 Å². The topological polar surface area (TPSA) is 92.8 Å². The molecule has 7 nitrogen and oxygen atoms in total. The van der Waals surface area contributed by atoms with E-state index in [9.17, 15) is 18.0 Å². The molecule has 1 saturated heterocycles. The van der Waals surface area contributed by atoms with Crippen molar-refractivity contribution in [3.8, 4) is 5.75 Å². The Morgan fingerprint density at radius 2 is 1.73 bits per heavy atom. The van der Waals surface area contributed by atoms with Crippen LogP contribution in [0.1, 0.15) is 19.8 Å². The van der Waals surface area contributed by atoms with E-state index < -0.39 is 10.1 Å². The Morgan fingerprint density at radius 1 is 1.08 bits per heavy atom. The highest BCUT2D eigenvalue weighted by atomic mass is 32.2. The number of anilines is 2. The summed E-state index contributed by atoms with van der Waals surface area (Å²) in [6.45, 7) is 2.02. The average Bonchev–Trinajstić information content (AvgIpc) is 3.02. The first kappa shape index (κ1) is 17.9. The Hall–Kier alpha value is -2.87. The number of nitrogens with one attached hydrogen (secondary N) is 1. The van der Waals surface area contributed by atoms with Crippen LogP contribution in [0.15, 0.2) is 53.4 Å². The fourth-order valence-corrected chi connectivity index (χ4v) is 3.62. The third kappa shape index (κ3) is 4.02. The normalized spacial score (nSPS) is 14.3. The van der Waals surface area contributed by atoms with Crippen LogP contribution in [0.5, 0.6) is 5.75 Å². The van der Waals surface area contributed by atoms with Gasteiger partial charge in [-0.05, 0) is 55.0 Å². The molecule has 0 unspecified atom stereocenters. The maximum atomic E-state index is 12.4. The summed E-state index contributed by atoms with van der Waals surface area (Å²) >= 11 is 0. The van der Waals surface area contributed by atoms with Crippen LogP contribution in [-0.4, -0.2) is 26.8 Å². The van der Waals surface area contributed by atoms with E-state index in [1.54, 1.807) is 29.2 Å². The van der Waals surface area contributed by atoms with E-state index in [0.717, 1.165) is 6.42 Å². The molecule has 1 aliphatic heterocycles. The monoisotopic (exact) mass is 374 g/mol. The van der Waals surface area contributed by atoms with Crippen LogP contribution >= 0.6 is 0 Å². The van der Waals surface area contributed by atoms with E-state index in [4.69, 9.17) is 4.18 Å². The maximum absolute atomic E-state index is 12.4. The van der Waals surface area contributed by atoms with Crippen molar-refractivity contribution in [2.75, 3.05) is 16.8 Å². The molecule has 2 amide bonds. The SMILES string of the molecule is CC(=O)Nc1ccc(OS(=O)(=O)c2ccc(N3CCCC3=O)cc2)cc1. The molecule has 1 N–H and O–H groups in total. The van der Waals surface area contributed by atoms with Crippen LogP contribution in [-0.2, 0) is 19.7 Å². The van der Waals surface area contributed by atoms with Crippen LogP contribution in [0.4, 0.5) is 11.4 Å². The van der Waals surface area contributed by atoms with Crippen LogP contribution in [0.2, 0.25) is 0 Å². The summed E-state index contributed by atoms with van der Waals surface area (Å²) in [4.78, 5) is 24.4. The van der Waals surface area contributed by atoms with Gasteiger partial charge >= 0.3 is 10.1 Å². The van der Waals surface area contributed by atoms with Gasteiger partial charge in [-0.2, -0.15) is 8.42 Å². The van der Waals surface area contributed by atoms with Gasteiger partial charge in [0.05, 0.1) is 0 Å². The van der Waals surface area contributed by atoms with Crippen LogP contribution in [0.3, 0.4) is 0 Å². The average molecular weight is 374 g/mol. The summed E-state index contributed by atoms with van der Waals surface area (Å²) < 4.78 is 29.9. The lowest BCUT2D eigenvalue weighted by atomic mass is 10.3. The van der Waals surface area contributed by atoms with E-state index in [1.165, 1.54) is 31.2 Å². The Labute approximate surface area is 151 Å². The zero-order valence-corrected chi connectivity index (χ0v) is 15.0. The van der Waals surface area contributed by atoms with Crippen molar-refractivity contribution >= 4 is 33.3 Å². The van der Waals surface area contributed by atoms with Gasteiger partial charge in [0.2, 0.25) is 11.8 Å². The first-order chi connectivity index (χ1) is 12.3. The quantitative estimate of drug-likeness (QED) is 0.812. The second kappa shape index (κ2) is 7.17. The van der Waals surface area contributed by atoms with E-state index in [2.05, 4.69) is 5.32 Å². The third-order valence-corrected chi connectivity index (χ3v) is 5.15. The Morgan fingerprint density at radius 3 is 2.27 bits per heavy atom. The van der Waals surface area contributed by atoms with Gasteiger partial charge in [-0.15, -0.1) is 0 Å². The zero-order valence-electron chi connectivity index (χ0n) is 14.1. The highest BCUT2D eigenvalue weighted by molar-refractivity contribution is 7.87. The maximum Gasteiger partial charge on any atom is 0.339 e. The summed E-state index contributed by atoms with van der Waals surface area (Å²) in [6, 6.07) is 12.0. The van der Waals surface area contributed by atoms with Gasteiger partial charge in [-0.25, -0.2) is 0 Å². The van der Waals surface area contributed by atoms with Crippen molar-refractivity contribution in [3.05, 3.63) is 48.5 Å². The Balaban J connectivity index is 1.73. The number of hydrogen-bond acceptors (Lipinski definition) is 5. The molecular formula is C18H18N2O5S. The lowest BCUT2D eigenvalue weighted by molar-refractivity contribution is -0.117. The van der Waals surface area contributed by atoms with Gasteiger partial charge in [0, 0.05) is 31.3 Å². The van der Waals surface area contributed by atoms with Crippen molar-refractivity contribution in [1.82, 2.24) is 0 Å². The molecule has 0 atom stereocenters. The molecule has 0 saturated carbocycles. The van der Waals surface area contributed by atoms with E-state index in [0.29, 0.717) is 24.3 Å². The largest absolute Gasteiger partial charge is 0.379 e. The second-order valence-electron chi connectivity index (χ2n) is 5.89. The lowest BCUT2D eigenvalue weighted by Gasteiger charge is -2.16. The number of rotatable bonds is 5. The summed E-state index contributed by atoms with van der Waals surface area (Å²) in [7, 11) is -3.99. The predicted molar refractivity (Wildman–Crippen MR) is 96.6 cm³/mol. The molecule has 136 valence electrons. The van der Waals surface area contributed by atoms with Gasteiger partial charge in [0.25, 0.3) is 0 Å². The first-order valence-electron chi connectivity index (χ1n) is 8.08. The highest BCUT2D eigenvalue weighted by Gasteiger charge is 2.23. The number of carbonyl (C=O) groups is 2. The lowest BCUT2D eigenvalue weighted by Crippen LogP contribution is -2.23. The summed E-state index contributed by atoms with van der Waals surface area (Å²) in [5.74, 6) is -0.0446. The molecule has 1 aliphatic rings. The molecule has 0 spiro atoms. The second-order valence-corrected chi connectivity index (χ2v) is 7.43. The minimum Gasteiger partial charge on any atom is -0.379 e. The predicted octanol–water partition coefficient (Wildman–Crippen LogP) is 2.54. The number of benzene rings is 2. The summed E-state index contributed by atoms with van der Waals surface area (Å²) in [5.41, 5.74) is 1.22. The number of amides is 2. The van der Waals surface area contributed by atoms with Gasteiger partial charge in [0.15, 0.2) is 0 Å². The third-order valence-electron chi connectivity index (χ3n) is 3.89. The highest BCUT2D eigenvalue weighted by Crippen LogP contribution is 2.25. The molecule has 26 heavy (non-hydrogen) atoms. The minimum absolute atomic E-state index is 0.00108. The van der Waals surface area contributed by atoms with Crippen LogP contribution < -0.4 is 14.4 Å². The van der Waals surface area contributed by atoms with Gasteiger partial charge < -0.3 is 14.4 Å². The number of nitrogens with zero attached hydrogens (tertiary/aromatic N) is 1. The molecule has 0 radical (unpaired) electrons. The fourth-order valence-electron chi connectivity index (χ4n) is 2.69. The minimum atomic E-state index is -3.99. The molecule has 2 aromatic carbocycles. The Kier molecular flexibility index (Phi) is 4.94. The molecule has 2 aromatic rings. The van der Waals surface area contributed by atoms with Crippen molar-refractivity contribution in [2.24, 2.45) is 0 Å². The van der Waals surface area contributed by atoms with Crippen molar-refractivity contribution in [1.29, 1.82) is 0 Å². The zero-order chi connectivity index (χ0) is 18.7. The Bertz CT molecular complexity index is 921. The number of carbonyl (C=O) groups excluding carboxylic acids is 2. The molecule has 0 bridgehead atoms. The molecule has 0 aromatic heterocycles. The van der Waals surface area contributed by atoms with Crippen molar-refractivity contribution < 1.29 is 22.2 Å². The molecule has 3 rings (SSSR count). The van der Waals surface area contributed by atoms with Crippen LogP contribution in [0.25, 0.3) is 0 Å². The number of hydrogen-bond donors (Lipinski definition) is 1. The van der Waals surface area contributed by atoms with Crippen LogP contribution in [0, 0.1) is 0 Å². The smallest absolute Gasteiger partial charge is 0.339 e. The molecule has 1 heterocycles.